The van der Waals surface area contributed by atoms with Crippen LogP contribution in [0.4, 0.5) is 4.39 Å². The molecule has 0 amide bonds. The Bertz CT molecular complexity index is 1410. The largest absolute Gasteiger partial charge is 0.467 e. The maximum absolute atomic E-state index is 14.4. The number of hydrogen-bond acceptors (Lipinski definition) is 3. The third-order valence-corrected chi connectivity index (χ3v) is 10.3. The van der Waals surface area contributed by atoms with Gasteiger partial charge in [-0.1, -0.05) is 121 Å². The number of methoxy groups -OCH3 is 1. The van der Waals surface area contributed by atoms with Crippen LogP contribution in [0.2, 0.25) is 0 Å². The summed E-state index contributed by atoms with van der Waals surface area (Å²) in [7, 11) is 4.06. The van der Waals surface area contributed by atoms with Gasteiger partial charge < -0.3 is 14.8 Å². The molecule has 0 aliphatic carbocycles. The number of ether oxygens (including phenoxy) is 2. The number of halogens is 1. The second-order valence-corrected chi connectivity index (χ2v) is 13.1. The van der Waals surface area contributed by atoms with Gasteiger partial charge in [0.05, 0.1) is 0 Å². The minimum atomic E-state index is -0.189. The van der Waals surface area contributed by atoms with Gasteiger partial charge in [-0.3, -0.25) is 0 Å². The van der Waals surface area contributed by atoms with E-state index in [1.54, 1.807) is 19.2 Å². The van der Waals surface area contributed by atoms with Gasteiger partial charge in [0.2, 0.25) is 0 Å². The van der Waals surface area contributed by atoms with Crippen molar-refractivity contribution in [3.8, 4) is 5.75 Å². The van der Waals surface area contributed by atoms with Crippen molar-refractivity contribution in [2.24, 2.45) is 0 Å². The van der Waals surface area contributed by atoms with Crippen molar-refractivity contribution in [1.29, 1.82) is 0 Å². The fourth-order valence-corrected chi connectivity index (χ4v) is 7.76. The van der Waals surface area contributed by atoms with Crippen molar-refractivity contribution in [2.45, 2.75) is 70.5 Å². The molecule has 0 fully saturated rings. The van der Waals surface area contributed by atoms with Gasteiger partial charge in [-0.15, -0.1) is 0 Å². The molecule has 0 bridgehead atoms. The van der Waals surface area contributed by atoms with Crippen molar-refractivity contribution in [3.05, 3.63) is 130 Å². The first kappa shape index (κ1) is 32.9. The first-order valence-electron chi connectivity index (χ1n) is 15.6. The zero-order valence-corrected chi connectivity index (χ0v) is 27.2. The van der Waals surface area contributed by atoms with Crippen LogP contribution in [0.3, 0.4) is 0 Å². The van der Waals surface area contributed by atoms with E-state index in [1.807, 2.05) is 13.1 Å². The Morgan fingerprint density at radius 1 is 0.791 bits per heavy atom. The molecule has 0 aromatic heterocycles. The van der Waals surface area contributed by atoms with Crippen molar-refractivity contribution < 1.29 is 13.9 Å². The Labute approximate surface area is 260 Å². The molecule has 43 heavy (non-hydrogen) atoms. The first-order valence-corrected chi connectivity index (χ1v) is 16.6. The molecule has 4 rings (SSSR count). The van der Waals surface area contributed by atoms with E-state index in [1.165, 1.54) is 39.5 Å². The first-order chi connectivity index (χ1) is 21.0. The predicted octanol–water partition coefficient (Wildman–Crippen LogP) is 8.90. The lowest BCUT2D eigenvalue weighted by Crippen LogP contribution is -2.27. The molecule has 3 nitrogen and oxygen atoms in total. The molecule has 0 aliphatic rings. The molecular formula is C38H47FNO2P. The van der Waals surface area contributed by atoms with Gasteiger partial charge in [0.1, 0.15) is 11.6 Å². The van der Waals surface area contributed by atoms with Crippen LogP contribution in [-0.4, -0.2) is 21.0 Å². The molecular weight excluding hydrogens is 552 g/mol. The third kappa shape index (κ3) is 8.99. The summed E-state index contributed by atoms with van der Waals surface area (Å²) in [5.41, 5.74) is 7.27. The average molecular weight is 600 g/mol. The summed E-state index contributed by atoms with van der Waals surface area (Å²) < 4.78 is 26.5. The van der Waals surface area contributed by atoms with Gasteiger partial charge in [-0.25, -0.2) is 4.39 Å². The Hall–Kier alpha value is -3.04. The van der Waals surface area contributed by atoms with Crippen LogP contribution >= 0.6 is 8.58 Å². The summed E-state index contributed by atoms with van der Waals surface area (Å²) >= 11 is 0. The van der Waals surface area contributed by atoms with Crippen LogP contribution in [-0.2, 0) is 29.3 Å². The molecule has 0 heterocycles. The van der Waals surface area contributed by atoms with E-state index in [-0.39, 0.29) is 17.8 Å². The van der Waals surface area contributed by atoms with E-state index in [4.69, 9.17) is 9.47 Å². The van der Waals surface area contributed by atoms with Crippen LogP contribution in [0.15, 0.2) is 91.0 Å². The summed E-state index contributed by atoms with van der Waals surface area (Å²) in [5, 5.41) is 4.30. The number of rotatable bonds is 17. The average Bonchev–Trinajstić information content (AvgIpc) is 3.02. The topological polar surface area (TPSA) is 30.5 Å². The van der Waals surface area contributed by atoms with Gasteiger partial charge in [0.15, 0.2) is 6.79 Å². The second kappa shape index (κ2) is 16.7. The van der Waals surface area contributed by atoms with Crippen molar-refractivity contribution >= 4 is 13.9 Å². The van der Waals surface area contributed by atoms with E-state index in [0.29, 0.717) is 15.1 Å². The lowest BCUT2D eigenvalue weighted by Gasteiger charge is -2.37. The molecule has 2 unspecified atom stereocenters. The van der Waals surface area contributed by atoms with Gasteiger partial charge in [0, 0.05) is 30.8 Å². The highest BCUT2D eigenvalue weighted by molar-refractivity contribution is 7.48. The fourth-order valence-electron chi connectivity index (χ4n) is 5.96. The quantitative estimate of drug-likeness (QED) is 0.0747. The Morgan fingerprint density at radius 2 is 1.49 bits per heavy atom. The highest BCUT2D eigenvalue weighted by Crippen LogP contribution is 2.53. The zero-order valence-electron chi connectivity index (χ0n) is 26.2. The molecule has 0 aliphatic heterocycles. The highest BCUT2D eigenvalue weighted by Gasteiger charge is 2.35. The number of unbranched alkanes of at least 4 members (excludes halogenated alkanes) is 2. The molecule has 228 valence electrons. The van der Waals surface area contributed by atoms with Crippen molar-refractivity contribution in [3.63, 3.8) is 0 Å². The molecule has 5 heteroatoms. The molecule has 0 radical (unpaired) electrons. The summed E-state index contributed by atoms with van der Waals surface area (Å²) in [4.78, 5) is 0. The standard InChI is InChI=1S/C38H47FNO2P/c1-5-7-14-21-38(6-2,43-36-20-19-34(39)26-33(36)27-40-3)35-25-31(22-29-15-10-8-11-16-29)24-32(37(35)42-28-41-4)23-30-17-12-9-13-18-30/h8-13,15-20,24-26,40,43H,5-7,14,21-23,27-28H2,1-4H3. The SMILES string of the molecule is CCCCCC(CC)(Pc1ccc(F)cc1CNC)c1cc(Cc2ccccc2)cc(Cc2ccccc2)c1OCOC. The van der Waals surface area contributed by atoms with Crippen LogP contribution in [0.5, 0.6) is 5.75 Å². The highest BCUT2D eigenvalue weighted by atomic mass is 31.1. The summed E-state index contributed by atoms with van der Waals surface area (Å²) in [6.07, 6.45) is 7.07. The number of nitrogens with one attached hydrogen (secondary N) is 1. The van der Waals surface area contributed by atoms with Crippen LogP contribution < -0.4 is 15.4 Å². The van der Waals surface area contributed by atoms with E-state index >= 15 is 0 Å². The minimum absolute atomic E-state index is 0.170. The van der Waals surface area contributed by atoms with Crippen molar-refractivity contribution in [2.75, 3.05) is 21.0 Å². The predicted molar refractivity (Wildman–Crippen MR) is 181 cm³/mol. The van der Waals surface area contributed by atoms with Crippen LogP contribution in [0.25, 0.3) is 0 Å². The van der Waals surface area contributed by atoms with Gasteiger partial charge in [-0.2, -0.15) is 0 Å². The van der Waals surface area contributed by atoms with Gasteiger partial charge in [0.25, 0.3) is 0 Å². The summed E-state index contributed by atoms with van der Waals surface area (Å²) in [6.45, 7) is 5.38. The van der Waals surface area contributed by atoms with Gasteiger partial charge >= 0.3 is 0 Å². The maximum atomic E-state index is 14.4. The van der Waals surface area contributed by atoms with E-state index in [2.05, 4.69) is 92.0 Å². The molecule has 4 aromatic rings. The van der Waals surface area contributed by atoms with E-state index in [0.717, 1.165) is 49.8 Å². The van der Waals surface area contributed by atoms with Gasteiger partial charge in [-0.05, 0) is 71.6 Å². The van der Waals surface area contributed by atoms with Crippen LogP contribution in [0.1, 0.15) is 79.3 Å². The molecule has 2 atom stereocenters. The number of benzene rings is 4. The van der Waals surface area contributed by atoms with E-state index in [9.17, 15) is 4.39 Å². The monoisotopic (exact) mass is 599 g/mol. The maximum Gasteiger partial charge on any atom is 0.188 e. The Balaban J connectivity index is 1.93. The number of hydrogen-bond donors (Lipinski definition) is 1. The lowest BCUT2D eigenvalue weighted by atomic mass is 9.84. The normalized spacial score (nSPS) is 13.0. The van der Waals surface area contributed by atoms with Crippen molar-refractivity contribution in [1.82, 2.24) is 5.32 Å². The second-order valence-electron chi connectivity index (χ2n) is 11.4. The lowest BCUT2D eigenvalue weighted by molar-refractivity contribution is 0.0492. The molecule has 0 saturated heterocycles. The molecule has 1 N–H and O–H groups in total. The Kier molecular flexibility index (Phi) is 12.8. The van der Waals surface area contributed by atoms with Crippen LogP contribution in [0, 0.1) is 5.82 Å². The third-order valence-electron chi connectivity index (χ3n) is 8.17. The smallest absolute Gasteiger partial charge is 0.188 e. The zero-order chi connectivity index (χ0) is 30.5. The minimum Gasteiger partial charge on any atom is -0.467 e. The summed E-state index contributed by atoms with van der Waals surface area (Å²) in [6, 6.07) is 31.3. The Morgan fingerprint density at radius 3 is 2.12 bits per heavy atom. The fraction of sp³-hybridized carbons (Fsp3) is 0.368. The molecule has 4 aromatic carbocycles. The molecule has 0 spiro atoms. The molecule has 0 saturated carbocycles. The summed E-state index contributed by atoms with van der Waals surface area (Å²) in [5.74, 6) is 0.747. The van der Waals surface area contributed by atoms with E-state index < -0.39 is 0 Å².